The van der Waals surface area contributed by atoms with E-state index in [1.165, 1.54) is 0 Å². The number of nitrogens with zero attached hydrogens (tertiary/aromatic N) is 2. The van der Waals surface area contributed by atoms with E-state index in [1.807, 2.05) is 35.2 Å². The van der Waals surface area contributed by atoms with E-state index in [9.17, 15) is 0 Å². The first kappa shape index (κ1) is 11.7. The molecule has 0 aliphatic carbocycles. The maximum absolute atomic E-state index is 5.14. The van der Waals surface area contributed by atoms with Crippen molar-refractivity contribution >= 4 is 0 Å². The van der Waals surface area contributed by atoms with Crippen molar-refractivity contribution in [3.8, 4) is 11.4 Å². The molecular weight excluding hydrogens is 212 g/mol. The Hall–Kier alpha value is -1.77. The zero-order valence-corrected chi connectivity index (χ0v) is 10.6. The van der Waals surface area contributed by atoms with Gasteiger partial charge in [0.15, 0.2) is 0 Å². The quantitative estimate of drug-likeness (QED) is 0.807. The molecule has 0 aliphatic rings. The minimum absolute atomic E-state index is 0.634. The SMILES string of the molecule is COc1ccc(-n2cnc(CC(C)C)c2)cc1. The fourth-order valence-corrected chi connectivity index (χ4v) is 1.78. The van der Waals surface area contributed by atoms with Gasteiger partial charge in [0, 0.05) is 11.9 Å². The van der Waals surface area contributed by atoms with Gasteiger partial charge in [-0.3, -0.25) is 0 Å². The molecule has 0 atom stereocenters. The molecule has 2 rings (SSSR count). The molecule has 0 saturated carbocycles. The van der Waals surface area contributed by atoms with Crippen molar-refractivity contribution in [1.29, 1.82) is 0 Å². The van der Waals surface area contributed by atoms with E-state index in [1.54, 1.807) is 7.11 Å². The fourth-order valence-electron chi connectivity index (χ4n) is 1.78. The lowest BCUT2D eigenvalue weighted by Gasteiger charge is -2.03. The van der Waals surface area contributed by atoms with Crippen molar-refractivity contribution < 1.29 is 4.74 Å². The first-order valence-corrected chi connectivity index (χ1v) is 5.86. The standard InChI is InChI=1S/C14H18N2O/c1-11(2)8-12-9-16(10-15-12)13-4-6-14(17-3)7-5-13/h4-7,9-11H,8H2,1-3H3. The van der Waals surface area contributed by atoms with Gasteiger partial charge < -0.3 is 9.30 Å². The summed E-state index contributed by atoms with van der Waals surface area (Å²) in [5, 5.41) is 0. The molecule has 1 aromatic carbocycles. The smallest absolute Gasteiger partial charge is 0.119 e. The van der Waals surface area contributed by atoms with Crippen LogP contribution in [-0.4, -0.2) is 16.7 Å². The summed E-state index contributed by atoms with van der Waals surface area (Å²) in [5.74, 6) is 1.51. The average Bonchev–Trinajstić information content (AvgIpc) is 2.77. The van der Waals surface area contributed by atoms with Crippen LogP contribution in [0.25, 0.3) is 5.69 Å². The molecule has 0 amide bonds. The molecule has 0 radical (unpaired) electrons. The highest BCUT2D eigenvalue weighted by Crippen LogP contribution is 2.15. The Morgan fingerprint density at radius 1 is 1.24 bits per heavy atom. The number of benzene rings is 1. The second kappa shape index (κ2) is 5.04. The Labute approximate surface area is 102 Å². The lowest BCUT2D eigenvalue weighted by atomic mass is 10.1. The largest absolute Gasteiger partial charge is 0.497 e. The normalized spacial score (nSPS) is 10.8. The van der Waals surface area contributed by atoms with Gasteiger partial charge in [-0.15, -0.1) is 0 Å². The molecule has 0 aliphatic heterocycles. The summed E-state index contributed by atoms with van der Waals surface area (Å²) in [4.78, 5) is 4.41. The van der Waals surface area contributed by atoms with Gasteiger partial charge in [0.25, 0.3) is 0 Å². The number of hydrogen-bond acceptors (Lipinski definition) is 2. The number of hydrogen-bond donors (Lipinski definition) is 0. The first-order chi connectivity index (χ1) is 8.19. The molecule has 17 heavy (non-hydrogen) atoms. The first-order valence-electron chi connectivity index (χ1n) is 5.86. The topological polar surface area (TPSA) is 27.1 Å². The number of aromatic nitrogens is 2. The van der Waals surface area contributed by atoms with Gasteiger partial charge in [0.2, 0.25) is 0 Å². The van der Waals surface area contributed by atoms with E-state index < -0.39 is 0 Å². The van der Waals surface area contributed by atoms with Gasteiger partial charge in [0.1, 0.15) is 5.75 Å². The van der Waals surface area contributed by atoms with Crippen LogP contribution in [0.15, 0.2) is 36.8 Å². The zero-order valence-electron chi connectivity index (χ0n) is 10.6. The molecule has 0 fully saturated rings. The van der Waals surface area contributed by atoms with Crippen LogP contribution in [0.3, 0.4) is 0 Å². The Kier molecular flexibility index (Phi) is 3.47. The molecule has 0 bridgehead atoms. The fraction of sp³-hybridized carbons (Fsp3) is 0.357. The highest BCUT2D eigenvalue weighted by atomic mass is 16.5. The maximum atomic E-state index is 5.14. The Bertz CT molecular complexity index is 471. The summed E-state index contributed by atoms with van der Waals surface area (Å²) in [7, 11) is 1.67. The number of methoxy groups -OCH3 is 1. The molecular formula is C14H18N2O. The van der Waals surface area contributed by atoms with Crippen LogP contribution in [0.4, 0.5) is 0 Å². The third-order valence-electron chi connectivity index (χ3n) is 2.62. The van der Waals surface area contributed by atoms with Crippen molar-refractivity contribution in [2.24, 2.45) is 5.92 Å². The molecule has 2 aromatic rings. The van der Waals surface area contributed by atoms with Crippen molar-refractivity contribution in [1.82, 2.24) is 9.55 Å². The van der Waals surface area contributed by atoms with E-state index in [0.29, 0.717) is 5.92 Å². The zero-order chi connectivity index (χ0) is 12.3. The summed E-state index contributed by atoms with van der Waals surface area (Å²) in [6.45, 7) is 4.40. The van der Waals surface area contributed by atoms with E-state index in [-0.39, 0.29) is 0 Å². The van der Waals surface area contributed by atoms with Crippen LogP contribution in [0.2, 0.25) is 0 Å². The second-order valence-electron chi connectivity index (χ2n) is 4.57. The Balaban J connectivity index is 2.18. The molecule has 0 spiro atoms. The molecule has 3 heteroatoms. The molecule has 3 nitrogen and oxygen atoms in total. The highest BCUT2D eigenvalue weighted by molar-refractivity contribution is 5.37. The van der Waals surface area contributed by atoms with Gasteiger partial charge in [-0.05, 0) is 36.6 Å². The van der Waals surface area contributed by atoms with Crippen LogP contribution in [0.5, 0.6) is 5.75 Å². The lowest BCUT2D eigenvalue weighted by Crippen LogP contribution is -1.94. The number of imidazole rings is 1. The van der Waals surface area contributed by atoms with Gasteiger partial charge in [-0.25, -0.2) is 4.98 Å². The Morgan fingerprint density at radius 3 is 2.53 bits per heavy atom. The van der Waals surface area contributed by atoms with Crippen LogP contribution >= 0.6 is 0 Å². The van der Waals surface area contributed by atoms with Gasteiger partial charge in [-0.2, -0.15) is 0 Å². The summed E-state index contributed by atoms with van der Waals surface area (Å²) < 4.78 is 7.18. The highest BCUT2D eigenvalue weighted by Gasteiger charge is 2.03. The molecule has 0 N–H and O–H groups in total. The van der Waals surface area contributed by atoms with E-state index in [4.69, 9.17) is 4.74 Å². The summed E-state index contributed by atoms with van der Waals surface area (Å²) in [6.07, 6.45) is 4.96. The van der Waals surface area contributed by atoms with Crippen molar-refractivity contribution in [2.75, 3.05) is 7.11 Å². The van der Waals surface area contributed by atoms with E-state index >= 15 is 0 Å². The number of ether oxygens (including phenoxy) is 1. The average molecular weight is 230 g/mol. The predicted octanol–water partition coefficient (Wildman–Crippen LogP) is 3.08. The summed E-state index contributed by atoms with van der Waals surface area (Å²) >= 11 is 0. The van der Waals surface area contributed by atoms with Crippen molar-refractivity contribution in [2.45, 2.75) is 20.3 Å². The predicted molar refractivity (Wildman–Crippen MR) is 68.7 cm³/mol. The van der Waals surface area contributed by atoms with Crippen LogP contribution in [0, 0.1) is 5.92 Å². The summed E-state index contributed by atoms with van der Waals surface area (Å²) in [6, 6.07) is 7.97. The maximum Gasteiger partial charge on any atom is 0.119 e. The van der Waals surface area contributed by atoms with Gasteiger partial charge in [0.05, 0.1) is 19.1 Å². The summed E-state index contributed by atoms with van der Waals surface area (Å²) in [5.41, 5.74) is 2.24. The molecule has 1 heterocycles. The monoisotopic (exact) mass is 230 g/mol. The van der Waals surface area contributed by atoms with Crippen LogP contribution < -0.4 is 4.74 Å². The minimum atomic E-state index is 0.634. The molecule has 0 unspecified atom stereocenters. The Morgan fingerprint density at radius 2 is 1.94 bits per heavy atom. The van der Waals surface area contributed by atoms with Gasteiger partial charge >= 0.3 is 0 Å². The lowest BCUT2D eigenvalue weighted by molar-refractivity contribution is 0.415. The molecule has 1 aromatic heterocycles. The van der Waals surface area contributed by atoms with E-state index in [2.05, 4.69) is 25.0 Å². The van der Waals surface area contributed by atoms with Gasteiger partial charge in [-0.1, -0.05) is 13.8 Å². The molecule has 0 saturated heterocycles. The van der Waals surface area contributed by atoms with Crippen LogP contribution in [0.1, 0.15) is 19.5 Å². The third kappa shape index (κ3) is 2.87. The van der Waals surface area contributed by atoms with E-state index in [0.717, 1.165) is 23.6 Å². The minimum Gasteiger partial charge on any atom is -0.497 e. The third-order valence-corrected chi connectivity index (χ3v) is 2.62. The molecule has 90 valence electrons. The van der Waals surface area contributed by atoms with Crippen molar-refractivity contribution in [3.05, 3.63) is 42.5 Å². The second-order valence-corrected chi connectivity index (χ2v) is 4.57. The number of rotatable bonds is 4. The van der Waals surface area contributed by atoms with Crippen LogP contribution in [-0.2, 0) is 6.42 Å². The van der Waals surface area contributed by atoms with Crippen molar-refractivity contribution in [3.63, 3.8) is 0 Å².